The number of ether oxygens (including phenoxy) is 1. The van der Waals surface area contributed by atoms with Crippen molar-refractivity contribution in [2.24, 2.45) is 39.9 Å². The molecule has 0 unspecified atom stereocenters. The van der Waals surface area contributed by atoms with Crippen LogP contribution in [-0.2, 0) is 9.53 Å². The first-order valence-electron chi connectivity index (χ1n) is 10.7. The maximum Gasteiger partial charge on any atom is 0.140 e. The van der Waals surface area contributed by atoms with E-state index in [2.05, 4.69) is 25.3 Å². The molecular formula is C22H29NO3. The molecule has 9 fully saturated rings. The molecule has 0 aromatic carbocycles. The van der Waals surface area contributed by atoms with Gasteiger partial charge in [0.15, 0.2) is 0 Å². The first-order chi connectivity index (χ1) is 12.4. The van der Waals surface area contributed by atoms with E-state index in [1.54, 1.807) is 0 Å². The molecule has 26 heavy (non-hydrogen) atoms. The Balaban J connectivity index is 1.52. The van der Waals surface area contributed by atoms with E-state index in [4.69, 9.17) is 4.74 Å². The maximum atomic E-state index is 13.0. The van der Waals surface area contributed by atoms with Crippen molar-refractivity contribution in [3.05, 3.63) is 12.2 Å². The Morgan fingerprint density at radius 2 is 2.19 bits per heavy atom. The second kappa shape index (κ2) is 4.01. The Morgan fingerprint density at radius 3 is 2.96 bits per heavy atom. The van der Waals surface area contributed by atoms with E-state index in [1.165, 1.54) is 12.8 Å². The van der Waals surface area contributed by atoms with Gasteiger partial charge in [0, 0.05) is 34.6 Å². The molecule has 0 amide bonds. The molecule has 4 saturated heterocycles. The Morgan fingerprint density at radius 1 is 1.38 bits per heavy atom. The number of carbonyl (C=O) groups is 1. The van der Waals surface area contributed by atoms with Crippen LogP contribution >= 0.6 is 0 Å². The smallest absolute Gasteiger partial charge is 0.140 e. The number of aliphatic hydroxyl groups excluding tert-OH is 1. The maximum absolute atomic E-state index is 13.0. The van der Waals surface area contributed by atoms with Gasteiger partial charge < -0.3 is 9.84 Å². The van der Waals surface area contributed by atoms with Gasteiger partial charge in [0.1, 0.15) is 12.0 Å². The first-order valence-corrected chi connectivity index (χ1v) is 10.7. The molecule has 4 aliphatic heterocycles. The van der Waals surface area contributed by atoms with Crippen molar-refractivity contribution in [3.63, 3.8) is 0 Å². The summed E-state index contributed by atoms with van der Waals surface area (Å²) in [5.74, 6) is 1.74. The van der Waals surface area contributed by atoms with Gasteiger partial charge in [-0.25, -0.2) is 0 Å². The highest BCUT2D eigenvalue weighted by Crippen LogP contribution is 2.86. The van der Waals surface area contributed by atoms with Gasteiger partial charge in [-0.2, -0.15) is 0 Å². The van der Waals surface area contributed by atoms with E-state index in [0.29, 0.717) is 42.1 Å². The van der Waals surface area contributed by atoms with Gasteiger partial charge >= 0.3 is 0 Å². The quantitative estimate of drug-likeness (QED) is 0.734. The minimum absolute atomic E-state index is 0.0853. The fourth-order valence-electron chi connectivity index (χ4n) is 10.3. The summed E-state index contributed by atoms with van der Waals surface area (Å²) in [6.45, 7) is 9.94. The fraction of sp³-hybridized carbons (Fsp3) is 0.864. The zero-order valence-corrected chi connectivity index (χ0v) is 15.8. The molecule has 9 aliphatic rings. The minimum atomic E-state index is -0.487. The van der Waals surface area contributed by atoms with Crippen LogP contribution in [0.1, 0.15) is 46.0 Å². The average Bonchev–Trinajstić information content (AvgIpc) is 3.17. The topological polar surface area (TPSA) is 49.8 Å². The van der Waals surface area contributed by atoms with Crippen LogP contribution in [0.2, 0.25) is 0 Å². The van der Waals surface area contributed by atoms with Gasteiger partial charge in [-0.1, -0.05) is 20.4 Å². The van der Waals surface area contributed by atoms with Crippen molar-refractivity contribution in [1.29, 1.82) is 0 Å². The summed E-state index contributed by atoms with van der Waals surface area (Å²) in [4.78, 5) is 15.7. The summed E-state index contributed by atoms with van der Waals surface area (Å²) >= 11 is 0. The normalized spacial score (nSPS) is 66.7. The molecule has 0 radical (unpaired) electrons. The van der Waals surface area contributed by atoms with Crippen molar-refractivity contribution < 1.29 is 14.6 Å². The van der Waals surface area contributed by atoms with Crippen LogP contribution in [0, 0.1) is 39.9 Å². The molecule has 5 saturated carbocycles. The fourth-order valence-corrected chi connectivity index (χ4v) is 10.3. The van der Waals surface area contributed by atoms with E-state index in [-0.39, 0.29) is 28.4 Å². The van der Waals surface area contributed by atoms with Gasteiger partial charge in [0.05, 0.1) is 12.2 Å². The molecular weight excluding hydrogens is 326 g/mol. The lowest BCUT2D eigenvalue weighted by Crippen LogP contribution is -2.78. The van der Waals surface area contributed by atoms with E-state index < -0.39 is 6.10 Å². The molecule has 11 atom stereocenters. The lowest BCUT2D eigenvalue weighted by atomic mass is 9.41. The molecule has 9 bridgehead atoms. The van der Waals surface area contributed by atoms with Gasteiger partial charge in [-0.15, -0.1) is 0 Å². The van der Waals surface area contributed by atoms with Crippen LogP contribution in [0.25, 0.3) is 0 Å². The lowest BCUT2D eigenvalue weighted by molar-refractivity contribution is -0.370. The minimum Gasteiger partial charge on any atom is -0.388 e. The van der Waals surface area contributed by atoms with Crippen molar-refractivity contribution >= 4 is 5.78 Å². The predicted octanol–water partition coefficient (Wildman–Crippen LogP) is 2.36. The van der Waals surface area contributed by atoms with E-state index in [1.807, 2.05) is 0 Å². The predicted molar refractivity (Wildman–Crippen MR) is 95.0 cm³/mol. The Kier molecular flexibility index (Phi) is 2.35. The highest BCUT2D eigenvalue weighted by molar-refractivity contribution is 5.87. The van der Waals surface area contributed by atoms with E-state index >= 15 is 0 Å². The highest BCUT2D eigenvalue weighted by atomic mass is 16.5. The molecule has 2 spiro atoms. The summed E-state index contributed by atoms with van der Waals surface area (Å²) < 4.78 is 6.75. The Bertz CT molecular complexity index is 779. The van der Waals surface area contributed by atoms with Gasteiger partial charge in [-0.05, 0) is 55.6 Å². The molecule has 1 N–H and O–H groups in total. The Labute approximate surface area is 155 Å². The number of hydrogen-bond donors (Lipinski definition) is 1. The summed E-state index contributed by atoms with van der Waals surface area (Å²) in [6, 6.07) is 0.506. The van der Waals surface area contributed by atoms with E-state index in [9.17, 15) is 9.90 Å². The summed E-state index contributed by atoms with van der Waals surface area (Å²) in [5, 5.41) is 11.4. The number of rotatable bonds is 1. The first kappa shape index (κ1) is 15.2. The van der Waals surface area contributed by atoms with Crippen molar-refractivity contribution in [2.45, 2.75) is 70.4 Å². The molecule has 0 aromatic rings. The molecule has 140 valence electrons. The molecule has 0 aromatic heterocycles. The number of ketones is 1. The molecule has 4 heterocycles. The number of piperidine rings is 1. The third-order valence-corrected chi connectivity index (χ3v) is 10.8. The number of fused-ring (bicyclic) bond motifs is 2. The number of hydrogen-bond acceptors (Lipinski definition) is 4. The number of aliphatic hydroxyl groups is 1. The van der Waals surface area contributed by atoms with Crippen LogP contribution in [0.15, 0.2) is 12.2 Å². The Hall–Kier alpha value is -0.710. The SMILES string of the molecule is C=C1[C@H]2C[C@@]3([C@@H]4C[C@H]5[C@]6(C)CC[C@H]7O[C@@H]6N(CC)[C@@H]4[C@]75[C@@H]3CC2=O)[C@H]1O. The largest absolute Gasteiger partial charge is 0.388 e. The van der Waals surface area contributed by atoms with Gasteiger partial charge in [-0.3, -0.25) is 9.69 Å². The molecule has 9 rings (SSSR count). The zero-order valence-electron chi connectivity index (χ0n) is 15.8. The number of nitrogens with zero attached hydrogens (tertiary/aromatic N) is 1. The molecule has 4 heteroatoms. The summed E-state index contributed by atoms with van der Waals surface area (Å²) in [7, 11) is 0. The molecule has 5 aliphatic carbocycles. The van der Waals surface area contributed by atoms with Crippen LogP contribution in [0.5, 0.6) is 0 Å². The third-order valence-electron chi connectivity index (χ3n) is 10.8. The van der Waals surface area contributed by atoms with E-state index in [0.717, 1.165) is 25.0 Å². The zero-order chi connectivity index (χ0) is 17.8. The average molecular weight is 355 g/mol. The van der Waals surface area contributed by atoms with Gasteiger partial charge in [0.2, 0.25) is 0 Å². The third kappa shape index (κ3) is 1.11. The van der Waals surface area contributed by atoms with Crippen molar-refractivity contribution in [2.75, 3.05) is 6.54 Å². The van der Waals surface area contributed by atoms with Crippen LogP contribution in [-0.4, -0.2) is 46.8 Å². The monoisotopic (exact) mass is 355 g/mol. The van der Waals surface area contributed by atoms with Crippen LogP contribution < -0.4 is 0 Å². The van der Waals surface area contributed by atoms with Gasteiger partial charge in [0.25, 0.3) is 0 Å². The number of Topliss-reactive ketones (excluding diaryl/α,β-unsaturated/α-hetero) is 1. The van der Waals surface area contributed by atoms with Crippen LogP contribution in [0.4, 0.5) is 0 Å². The second-order valence-electron chi connectivity index (χ2n) is 10.8. The standard InChI is InChI=1S/C22H29NO3/c1-4-23-17-12-7-14-20(3)6-5-16(26-19(20)23)22(14,17)15-8-13(24)11-9-21(12,15)18(25)10(11)2/h11-12,14-19,25H,2,4-9H2,1,3H3/t11-,12-,14+,15-,16-,17+,18+,19+,20+,21+,22-/m1/s1. The molecule has 4 nitrogen and oxygen atoms in total. The second-order valence-corrected chi connectivity index (χ2v) is 10.8. The van der Waals surface area contributed by atoms with Crippen molar-refractivity contribution in [3.8, 4) is 0 Å². The van der Waals surface area contributed by atoms with Crippen LogP contribution in [0.3, 0.4) is 0 Å². The summed E-state index contributed by atoms with van der Waals surface area (Å²) in [5.41, 5.74) is 1.03. The summed E-state index contributed by atoms with van der Waals surface area (Å²) in [6.07, 6.45) is 5.21. The van der Waals surface area contributed by atoms with Crippen molar-refractivity contribution in [1.82, 2.24) is 4.90 Å². The lowest BCUT2D eigenvalue weighted by Gasteiger charge is -2.73. The highest BCUT2D eigenvalue weighted by Gasteiger charge is 2.88. The number of carbonyl (C=O) groups excluding carboxylic acids is 1.